The molecule has 3 aromatic rings. The van der Waals surface area contributed by atoms with Gasteiger partial charge in [0.15, 0.2) is 0 Å². The lowest BCUT2D eigenvalue weighted by Crippen LogP contribution is -2.11. The molecule has 2 aromatic carbocycles. The number of hydrogen-bond donors (Lipinski definition) is 2. The summed E-state index contributed by atoms with van der Waals surface area (Å²) in [6, 6.07) is 13.5. The number of benzene rings is 2. The maximum Gasteiger partial charge on any atom is 0.141 e. The molecule has 0 saturated heterocycles. The van der Waals surface area contributed by atoms with Crippen molar-refractivity contribution in [3.05, 3.63) is 54.4 Å². The first-order valence-corrected chi connectivity index (χ1v) is 8.07. The molecular weight excluding hydrogens is 300 g/mol. The Bertz CT molecular complexity index is 788. The fourth-order valence-electron chi connectivity index (χ4n) is 2.36. The maximum atomic E-state index is 10.1. The Morgan fingerprint density at radius 3 is 2.42 bits per heavy atom. The highest BCUT2D eigenvalue weighted by atomic mass is 16.3. The highest BCUT2D eigenvalue weighted by molar-refractivity contribution is 5.92. The van der Waals surface area contributed by atoms with Crippen molar-refractivity contribution in [3.63, 3.8) is 0 Å². The van der Waals surface area contributed by atoms with E-state index in [1.165, 1.54) is 6.33 Å². The Hall–Kier alpha value is -2.66. The molecule has 0 saturated carbocycles. The molecule has 0 fully saturated rings. The van der Waals surface area contributed by atoms with E-state index in [2.05, 4.69) is 15.3 Å². The highest BCUT2D eigenvalue weighted by Crippen LogP contribution is 2.29. The van der Waals surface area contributed by atoms with Gasteiger partial charge < -0.3 is 15.3 Å². The van der Waals surface area contributed by atoms with Crippen LogP contribution < -0.4 is 5.32 Å². The molecule has 24 heavy (non-hydrogen) atoms. The van der Waals surface area contributed by atoms with Crippen LogP contribution in [0.2, 0.25) is 0 Å². The quantitative estimate of drug-likeness (QED) is 0.754. The molecule has 1 aromatic heterocycles. The molecule has 5 heteroatoms. The van der Waals surface area contributed by atoms with Crippen molar-refractivity contribution in [2.45, 2.75) is 20.4 Å². The standard InChI is InChI=1S/C17H18N4O.C2H6/c1-21(2)10-12-8-14-15(9-16(12)22)18-11-19-17(14)20-13-6-4-3-5-7-13;1-2/h3-9,11,22H,10H2,1-2H3,(H,18,19,20);1-2H3. The van der Waals surface area contributed by atoms with Crippen LogP contribution in [0, 0.1) is 0 Å². The molecule has 1 heterocycles. The maximum absolute atomic E-state index is 10.1. The van der Waals surface area contributed by atoms with Crippen molar-refractivity contribution in [2.24, 2.45) is 0 Å². The first-order chi connectivity index (χ1) is 11.6. The van der Waals surface area contributed by atoms with Gasteiger partial charge in [0.25, 0.3) is 0 Å². The monoisotopic (exact) mass is 324 g/mol. The van der Waals surface area contributed by atoms with Crippen molar-refractivity contribution in [1.82, 2.24) is 14.9 Å². The molecule has 2 N–H and O–H groups in total. The van der Waals surface area contributed by atoms with Crippen LogP contribution in [0.5, 0.6) is 5.75 Å². The van der Waals surface area contributed by atoms with E-state index in [0.29, 0.717) is 12.1 Å². The van der Waals surface area contributed by atoms with E-state index in [1.807, 2.05) is 69.2 Å². The van der Waals surface area contributed by atoms with Crippen LogP contribution in [0.3, 0.4) is 0 Å². The summed E-state index contributed by atoms with van der Waals surface area (Å²) < 4.78 is 0. The second-order valence-corrected chi connectivity index (χ2v) is 5.45. The summed E-state index contributed by atoms with van der Waals surface area (Å²) in [6.45, 7) is 4.65. The van der Waals surface area contributed by atoms with Crippen LogP contribution in [0.15, 0.2) is 48.8 Å². The zero-order valence-corrected chi connectivity index (χ0v) is 14.6. The fraction of sp³-hybridized carbons (Fsp3) is 0.263. The number of nitrogens with zero attached hydrogens (tertiary/aromatic N) is 3. The van der Waals surface area contributed by atoms with Gasteiger partial charge in [-0.1, -0.05) is 32.0 Å². The average molecular weight is 324 g/mol. The third-order valence-electron chi connectivity index (χ3n) is 3.36. The topological polar surface area (TPSA) is 61.3 Å². The number of phenols is 1. The van der Waals surface area contributed by atoms with Crippen LogP contribution in [0.4, 0.5) is 11.5 Å². The minimum atomic E-state index is 0.255. The third kappa shape index (κ3) is 4.20. The van der Waals surface area contributed by atoms with E-state index in [0.717, 1.165) is 22.5 Å². The SMILES string of the molecule is CC.CN(C)Cc1cc2c(Nc3ccccc3)ncnc2cc1O. The van der Waals surface area contributed by atoms with E-state index in [4.69, 9.17) is 0 Å². The molecular formula is C19H24N4O. The Balaban J connectivity index is 0.00000100. The van der Waals surface area contributed by atoms with Crippen LogP contribution >= 0.6 is 0 Å². The summed E-state index contributed by atoms with van der Waals surface area (Å²) >= 11 is 0. The molecule has 0 bridgehead atoms. The minimum Gasteiger partial charge on any atom is -0.508 e. The van der Waals surface area contributed by atoms with Crippen molar-refractivity contribution in [3.8, 4) is 5.75 Å². The predicted molar refractivity (Wildman–Crippen MR) is 99.7 cm³/mol. The molecule has 3 rings (SSSR count). The van der Waals surface area contributed by atoms with Gasteiger partial charge in [-0.25, -0.2) is 9.97 Å². The summed E-state index contributed by atoms with van der Waals surface area (Å²) in [5.74, 6) is 0.988. The zero-order chi connectivity index (χ0) is 17.5. The van der Waals surface area contributed by atoms with Crippen LogP contribution in [0.1, 0.15) is 19.4 Å². The lowest BCUT2D eigenvalue weighted by molar-refractivity contribution is 0.386. The summed E-state index contributed by atoms with van der Waals surface area (Å²) in [4.78, 5) is 10.6. The van der Waals surface area contributed by atoms with Crippen molar-refractivity contribution in [2.75, 3.05) is 19.4 Å². The largest absolute Gasteiger partial charge is 0.508 e. The molecule has 0 unspecified atom stereocenters. The van der Waals surface area contributed by atoms with E-state index < -0.39 is 0 Å². The summed E-state index contributed by atoms with van der Waals surface area (Å²) in [7, 11) is 3.93. The molecule has 0 spiro atoms. The van der Waals surface area contributed by atoms with E-state index in [9.17, 15) is 5.11 Å². The number of phenolic OH excluding ortho intramolecular Hbond substituents is 1. The highest BCUT2D eigenvalue weighted by Gasteiger charge is 2.10. The van der Waals surface area contributed by atoms with Crippen molar-refractivity contribution >= 4 is 22.4 Å². The van der Waals surface area contributed by atoms with Gasteiger partial charge in [-0.3, -0.25) is 0 Å². The smallest absolute Gasteiger partial charge is 0.141 e. The second kappa shape index (κ2) is 8.26. The molecule has 0 atom stereocenters. The molecule has 126 valence electrons. The third-order valence-corrected chi connectivity index (χ3v) is 3.36. The second-order valence-electron chi connectivity index (χ2n) is 5.45. The Morgan fingerprint density at radius 1 is 1.04 bits per heavy atom. The number of rotatable bonds is 4. The number of fused-ring (bicyclic) bond motifs is 1. The molecule has 0 amide bonds. The fourth-order valence-corrected chi connectivity index (χ4v) is 2.36. The number of anilines is 2. The van der Waals surface area contributed by atoms with Gasteiger partial charge in [0.05, 0.1) is 5.52 Å². The van der Waals surface area contributed by atoms with Crippen molar-refractivity contribution in [1.29, 1.82) is 0 Å². The number of hydrogen-bond acceptors (Lipinski definition) is 5. The Morgan fingerprint density at radius 2 is 1.75 bits per heavy atom. The van der Waals surface area contributed by atoms with Crippen molar-refractivity contribution < 1.29 is 5.11 Å². The van der Waals surface area contributed by atoms with E-state index in [1.54, 1.807) is 6.07 Å². The lowest BCUT2D eigenvalue weighted by Gasteiger charge is -2.14. The van der Waals surface area contributed by atoms with Gasteiger partial charge in [-0.2, -0.15) is 0 Å². The summed E-state index contributed by atoms with van der Waals surface area (Å²) in [5, 5.41) is 14.3. The molecule has 0 radical (unpaired) electrons. The first kappa shape index (κ1) is 17.7. The van der Waals surface area contributed by atoms with Gasteiger partial charge in [0.1, 0.15) is 17.9 Å². The lowest BCUT2D eigenvalue weighted by atomic mass is 10.1. The van der Waals surface area contributed by atoms with Gasteiger partial charge >= 0.3 is 0 Å². The van der Waals surface area contributed by atoms with Gasteiger partial charge in [0, 0.05) is 29.2 Å². The molecule has 0 aliphatic rings. The molecule has 5 nitrogen and oxygen atoms in total. The normalized spacial score (nSPS) is 10.4. The van der Waals surface area contributed by atoms with Crippen LogP contribution in [-0.2, 0) is 6.54 Å². The molecule has 0 aliphatic heterocycles. The predicted octanol–water partition coefficient (Wildman–Crippen LogP) is 4.17. The number of para-hydroxylation sites is 1. The minimum absolute atomic E-state index is 0.255. The average Bonchev–Trinajstić information content (AvgIpc) is 2.58. The van der Waals surface area contributed by atoms with Gasteiger partial charge in [-0.05, 0) is 32.3 Å². The first-order valence-electron chi connectivity index (χ1n) is 8.07. The van der Waals surface area contributed by atoms with Crippen LogP contribution in [0.25, 0.3) is 10.9 Å². The van der Waals surface area contributed by atoms with Gasteiger partial charge in [0.2, 0.25) is 0 Å². The molecule has 0 aliphatic carbocycles. The number of nitrogens with one attached hydrogen (secondary N) is 1. The summed E-state index contributed by atoms with van der Waals surface area (Å²) in [5.41, 5.74) is 2.53. The van der Waals surface area contributed by atoms with E-state index in [-0.39, 0.29) is 5.75 Å². The number of aromatic nitrogens is 2. The Kier molecular flexibility index (Phi) is 6.09. The van der Waals surface area contributed by atoms with Crippen LogP contribution in [-0.4, -0.2) is 34.1 Å². The van der Waals surface area contributed by atoms with E-state index >= 15 is 0 Å². The summed E-state index contributed by atoms with van der Waals surface area (Å²) in [6.07, 6.45) is 1.50. The van der Waals surface area contributed by atoms with Gasteiger partial charge in [-0.15, -0.1) is 0 Å². The Labute approximate surface area is 143 Å². The number of aromatic hydroxyl groups is 1. The zero-order valence-electron chi connectivity index (χ0n) is 14.6.